The molecule has 1 amide bonds. The highest BCUT2D eigenvalue weighted by molar-refractivity contribution is 7.10. The second kappa shape index (κ2) is 11.7. The number of allylic oxidation sites excluding steroid dienone is 1. The van der Waals surface area contributed by atoms with Gasteiger partial charge >= 0.3 is 5.97 Å². The van der Waals surface area contributed by atoms with E-state index in [4.69, 9.17) is 14.5 Å². The van der Waals surface area contributed by atoms with Gasteiger partial charge in [0, 0.05) is 22.4 Å². The van der Waals surface area contributed by atoms with Crippen molar-refractivity contribution in [1.29, 1.82) is 0 Å². The van der Waals surface area contributed by atoms with Gasteiger partial charge in [-0.05, 0) is 65.0 Å². The molecule has 1 aliphatic carbocycles. The molecule has 2 aromatic heterocycles. The summed E-state index contributed by atoms with van der Waals surface area (Å²) in [5.74, 6) is -0.792. The molecule has 1 atom stereocenters. The van der Waals surface area contributed by atoms with Crippen molar-refractivity contribution in [2.24, 2.45) is 11.3 Å². The van der Waals surface area contributed by atoms with Crippen molar-refractivity contribution in [3.05, 3.63) is 91.8 Å². The van der Waals surface area contributed by atoms with Crippen LogP contribution in [0.15, 0.2) is 60.0 Å². The molecular formula is C32H31N3O6S. The standard InChI is InChI=1S/C32H31N3O6S/c1-32(2,3)20-14-19(15-22-8-7-13-42-22)30-24(16-20)29(23-9-5-6-10-25(23)34-30)31(37)41-18-28(36)33-26-17-21(35(38)39)11-12-27(26)40-4/h5-13,15,17,20H,14,16,18H2,1-4H3,(H,33,36)/b19-15-/t20-/m1/s1. The Bertz CT molecular complexity index is 1710. The van der Waals surface area contributed by atoms with Crippen LogP contribution in [0.5, 0.6) is 5.75 Å². The number of para-hydroxylation sites is 1. The number of hydrogen-bond donors (Lipinski definition) is 1. The zero-order valence-electron chi connectivity index (χ0n) is 23.8. The van der Waals surface area contributed by atoms with Gasteiger partial charge in [-0.2, -0.15) is 0 Å². The van der Waals surface area contributed by atoms with Crippen LogP contribution >= 0.6 is 11.3 Å². The van der Waals surface area contributed by atoms with Crippen LogP contribution in [-0.2, 0) is 16.0 Å². The first-order valence-corrected chi connectivity index (χ1v) is 14.4. The van der Waals surface area contributed by atoms with Gasteiger partial charge in [0.25, 0.3) is 11.6 Å². The summed E-state index contributed by atoms with van der Waals surface area (Å²) in [6.45, 7) is 6.01. The molecule has 0 radical (unpaired) electrons. The zero-order chi connectivity index (χ0) is 30.0. The number of benzene rings is 2. The number of rotatable bonds is 7. The molecule has 5 rings (SSSR count). The predicted molar refractivity (Wildman–Crippen MR) is 164 cm³/mol. The van der Waals surface area contributed by atoms with Crippen LogP contribution in [-0.4, -0.2) is 35.5 Å². The largest absolute Gasteiger partial charge is 0.495 e. The third kappa shape index (κ3) is 6.03. The SMILES string of the molecule is COc1ccc([N+](=O)[O-])cc1NC(=O)COC(=O)c1c2c(nc3ccccc13)/C(=C\c1cccs1)C[C@@H](C(C)(C)C)C2. The summed E-state index contributed by atoms with van der Waals surface area (Å²) in [5.41, 5.74) is 3.59. The maximum absolute atomic E-state index is 13.8. The van der Waals surface area contributed by atoms with Gasteiger partial charge in [0.05, 0.1) is 34.5 Å². The lowest BCUT2D eigenvalue weighted by atomic mass is 9.69. The summed E-state index contributed by atoms with van der Waals surface area (Å²) >= 11 is 1.64. The first kappa shape index (κ1) is 28.9. The Balaban J connectivity index is 1.49. The second-order valence-electron chi connectivity index (χ2n) is 11.3. The summed E-state index contributed by atoms with van der Waals surface area (Å²) in [6, 6.07) is 15.4. The first-order chi connectivity index (χ1) is 20.0. The second-order valence-corrected chi connectivity index (χ2v) is 12.2. The minimum Gasteiger partial charge on any atom is -0.495 e. The monoisotopic (exact) mass is 585 g/mol. The summed E-state index contributed by atoms with van der Waals surface area (Å²) in [4.78, 5) is 43.4. The number of carbonyl (C=O) groups excluding carboxylic acids is 2. The van der Waals surface area contributed by atoms with E-state index in [0.717, 1.165) is 28.1 Å². The van der Waals surface area contributed by atoms with E-state index in [1.54, 1.807) is 11.3 Å². The number of non-ortho nitro benzene ring substituents is 1. The Hall–Kier alpha value is -4.57. The number of carbonyl (C=O) groups is 2. The van der Waals surface area contributed by atoms with Crippen LogP contribution in [0, 0.1) is 21.4 Å². The number of aromatic nitrogens is 1. The number of anilines is 1. The van der Waals surface area contributed by atoms with Crippen molar-refractivity contribution in [3.8, 4) is 5.75 Å². The van der Waals surface area contributed by atoms with Crippen molar-refractivity contribution in [3.63, 3.8) is 0 Å². The van der Waals surface area contributed by atoms with Gasteiger partial charge in [0.1, 0.15) is 5.75 Å². The molecule has 0 aliphatic heterocycles. The molecule has 0 saturated carbocycles. The van der Waals surface area contributed by atoms with E-state index in [-0.39, 0.29) is 28.5 Å². The van der Waals surface area contributed by atoms with Gasteiger partial charge in [-0.15, -0.1) is 11.3 Å². The number of amides is 1. The molecule has 4 aromatic rings. The lowest BCUT2D eigenvalue weighted by Gasteiger charge is -2.36. The molecule has 0 spiro atoms. The van der Waals surface area contributed by atoms with E-state index in [1.165, 1.54) is 25.3 Å². The quantitative estimate of drug-likeness (QED) is 0.139. The molecule has 216 valence electrons. The van der Waals surface area contributed by atoms with Crippen molar-refractivity contribution in [2.45, 2.75) is 33.6 Å². The molecule has 1 aliphatic rings. The molecule has 1 N–H and O–H groups in total. The molecule has 0 unspecified atom stereocenters. The topological polar surface area (TPSA) is 121 Å². The molecular weight excluding hydrogens is 554 g/mol. The maximum Gasteiger partial charge on any atom is 0.339 e. The number of nitrogens with one attached hydrogen (secondary N) is 1. The Morgan fingerprint density at radius 2 is 1.93 bits per heavy atom. The first-order valence-electron chi connectivity index (χ1n) is 13.5. The van der Waals surface area contributed by atoms with Crippen molar-refractivity contribution >= 4 is 57.1 Å². The molecule has 0 fully saturated rings. The number of nitro groups is 1. The third-order valence-electron chi connectivity index (χ3n) is 7.51. The Morgan fingerprint density at radius 3 is 2.62 bits per heavy atom. The minimum atomic E-state index is -0.653. The van der Waals surface area contributed by atoms with Crippen molar-refractivity contribution in [1.82, 2.24) is 4.98 Å². The van der Waals surface area contributed by atoms with Crippen molar-refractivity contribution in [2.75, 3.05) is 19.0 Å². The average Bonchev–Trinajstić information content (AvgIpc) is 3.47. The van der Waals surface area contributed by atoms with Crippen LogP contribution in [0.3, 0.4) is 0 Å². The van der Waals surface area contributed by atoms with E-state index in [9.17, 15) is 19.7 Å². The lowest BCUT2D eigenvalue weighted by Crippen LogP contribution is -2.29. The fourth-order valence-electron chi connectivity index (χ4n) is 5.21. The van der Waals surface area contributed by atoms with Gasteiger partial charge in [0.2, 0.25) is 0 Å². The zero-order valence-corrected chi connectivity index (χ0v) is 24.6. The molecule has 42 heavy (non-hydrogen) atoms. The number of nitrogens with zero attached hydrogens (tertiary/aromatic N) is 2. The Morgan fingerprint density at radius 1 is 1.14 bits per heavy atom. The van der Waals surface area contributed by atoms with E-state index in [2.05, 4.69) is 38.2 Å². The highest BCUT2D eigenvalue weighted by Crippen LogP contribution is 2.45. The molecule has 0 bridgehead atoms. The Labute approximate surface area is 247 Å². The van der Waals surface area contributed by atoms with E-state index < -0.39 is 23.4 Å². The van der Waals surface area contributed by atoms with Crippen molar-refractivity contribution < 1.29 is 24.0 Å². The van der Waals surface area contributed by atoms with E-state index in [1.807, 2.05) is 35.7 Å². The van der Waals surface area contributed by atoms with Gasteiger partial charge in [-0.3, -0.25) is 14.9 Å². The number of ether oxygens (including phenoxy) is 2. The van der Waals surface area contributed by atoms with Crippen LogP contribution in [0.2, 0.25) is 0 Å². The highest BCUT2D eigenvalue weighted by atomic mass is 32.1. The van der Waals surface area contributed by atoms with Gasteiger partial charge < -0.3 is 14.8 Å². The molecule has 2 heterocycles. The smallest absolute Gasteiger partial charge is 0.339 e. The number of esters is 1. The van der Waals surface area contributed by atoms with Gasteiger partial charge in [-0.25, -0.2) is 9.78 Å². The highest BCUT2D eigenvalue weighted by Gasteiger charge is 2.35. The third-order valence-corrected chi connectivity index (χ3v) is 8.32. The minimum absolute atomic E-state index is 0.0315. The normalized spacial score (nSPS) is 15.7. The van der Waals surface area contributed by atoms with Crippen LogP contribution in [0.25, 0.3) is 22.6 Å². The predicted octanol–water partition coefficient (Wildman–Crippen LogP) is 7.16. The number of methoxy groups -OCH3 is 1. The summed E-state index contributed by atoms with van der Waals surface area (Å²) in [7, 11) is 1.39. The molecule has 10 heteroatoms. The Kier molecular flexibility index (Phi) is 8.08. The number of thiophene rings is 1. The molecule has 0 saturated heterocycles. The average molecular weight is 586 g/mol. The summed E-state index contributed by atoms with van der Waals surface area (Å²) < 4.78 is 10.8. The molecule has 9 nitrogen and oxygen atoms in total. The fourth-order valence-corrected chi connectivity index (χ4v) is 5.89. The van der Waals surface area contributed by atoms with E-state index in [0.29, 0.717) is 22.9 Å². The maximum atomic E-state index is 13.8. The summed E-state index contributed by atoms with van der Waals surface area (Å²) in [5, 5.41) is 16.5. The van der Waals surface area contributed by atoms with Crippen LogP contribution in [0.4, 0.5) is 11.4 Å². The van der Waals surface area contributed by atoms with Gasteiger partial charge in [0.15, 0.2) is 6.61 Å². The number of nitro benzene ring substituents is 1. The summed E-state index contributed by atoms with van der Waals surface area (Å²) in [6.07, 6.45) is 3.61. The van der Waals surface area contributed by atoms with Gasteiger partial charge in [-0.1, -0.05) is 45.0 Å². The number of fused-ring (bicyclic) bond motifs is 2. The fraction of sp³-hybridized carbons (Fsp3) is 0.281. The van der Waals surface area contributed by atoms with Crippen LogP contribution in [0.1, 0.15) is 53.7 Å². The number of hydrogen-bond acceptors (Lipinski definition) is 8. The lowest BCUT2D eigenvalue weighted by molar-refractivity contribution is -0.384. The van der Waals surface area contributed by atoms with E-state index >= 15 is 0 Å². The van der Waals surface area contributed by atoms with Crippen LogP contribution < -0.4 is 10.1 Å². The number of pyridine rings is 1. The molecule has 2 aromatic carbocycles.